The van der Waals surface area contributed by atoms with E-state index in [4.69, 9.17) is 0 Å². The Kier molecular flexibility index (Phi) is 1.60. The number of nitrogens with zero attached hydrogens (tertiary/aromatic N) is 2. The minimum Gasteiger partial charge on any atom is -0.504 e. The molecule has 4 heteroatoms. The van der Waals surface area contributed by atoms with Crippen molar-refractivity contribution < 1.29 is 14.8 Å². The molecule has 2 atom stereocenters. The van der Waals surface area contributed by atoms with Gasteiger partial charge in [0.1, 0.15) is 0 Å². The Morgan fingerprint density at radius 3 is 2.44 bits per heavy atom. The van der Waals surface area contributed by atoms with E-state index in [-0.39, 0.29) is 11.8 Å². The molecule has 0 saturated carbocycles. The molecule has 0 amide bonds. The highest BCUT2D eigenvalue weighted by Crippen LogP contribution is 2.56. The van der Waals surface area contributed by atoms with Gasteiger partial charge >= 0.3 is 0 Å². The molecule has 4 nitrogen and oxygen atoms in total. The molecule has 0 aliphatic heterocycles. The zero-order valence-corrected chi connectivity index (χ0v) is 10.4. The third-order valence-electron chi connectivity index (χ3n) is 4.35. The topological polar surface area (TPSA) is 49.3 Å². The van der Waals surface area contributed by atoms with E-state index >= 15 is 0 Å². The Balaban J connectivity index is 2.23. The van der Waals surface area contributed by atoms with Gasteiger partial charge in [-0.15, -0.1) is 0 Å². The van der Waals surface area contributed by atoms with Gasteiger partial charge in [0.15, 0.2) is 11.5 Å². The van der Waals surface area contributed by atoms with Crippen LogP contribution in [-0.2, 0) is 14.1 Å². The Bertz CT molecular complexity index is 669. The van der Waals surface area contributed by atoms with E-state index in [1.807, 2.05) is 29.6 Å². The molecule has 2 unspecified atom stereocenters. The molecule has 2 aliphatic carbocycles. The summed E-state index contributed by atoms with van der Waals surface area (Å²) in [6.07, 6.45) is 7.13. The maximum absolute atomic E-state index is 10.5. The average Bonchev–Trinajstić information content (AvgIpc) is 2.98. The van der Waals surface area contributed by atoms with Gasteiger partial charge in [-0.25, -0.2) is 9.13 Å². The summed E-state index contributed by atoms with van der Waals surface area (Å²) in [5.74, 6) is 1.19. The number of imidazole rings is 1. The second-order valence-electron chi connectivity index (χ2n) is 5.39. The number of aromatic nitrogens is 2. The summed E-state index contributed by atoms with van der Waals surface area (Å²) in [5, 5.41) is 21.1. The van der Waals surface area contributed by atoms with Crippen LogP contribution in [0.1, 0.15) is 29.4 Å². The molecule has 1 aromatic carbocycles. The first-order valence-electron chi connectivity index (χ1n) is 6.20. The number of phenols is 2. The van der Waals surface area contributed by atoms with Crippen LogP contribution in [0.15, 0.2) is 18.5 Å². The van der Waals surface area contributed by atoms with E-state index < -0.39 is 0 Å². The number of hydrogen-bond donors (Lipinski definition) is 2. The fourth-order valence-corrected chi connectivity index (χ4v) is 3.66. The van der Waals surface area contributed by atoms with Crippen LogP contribution in [-0.4, -0.2) is 14.8 Å². The van der Waals surface area contributed by atoms with Gasteiger partial charge in [-0.2, -0.15) is 0 Å². The van der Waals surface area contributed by atoms with Crippen molar-refractivity contribution in [3.05, 3.63) is 29.6 Å². The van der Waals surface area contributed by atoms with Crippen molar-refractivity contribution in [2.75, 3.05) is 0 Å². The van der Waals surface area contributed by atoms with E-state index in [9.17, 15) is 10.2 Å². The van der Waals surface area contributed by atoms with Gasteiger partial charge in [0.05, 0.1) is 14.1 Å². The van der Waals surface area contributed by atoms with Gasteiger partial charge in [0, 0.05) is 23.0 Å². The number of allylic oxidation sites excluding steroid dienone is 2. The van der Waals surface area contributed by atoms with E-state index in [1.165, 1.54) is 0 Å². The summed E-state index contributed by atoms with van der Waals surface area (Å²) in [4.78, 5) is 0. The molecule has 2 aliphatic rings. The average molecular weight is 243 g/mol. The third kappa shape index (κ3) is 0.915. The largest absolute Gasteiger partial charge is 0.504 e. The lowest BCUT2D eigenvalue weighted by atomic mass is 9.94. The maximum atomic E-state index is 10.5. The van der Waals surface area contributed by atoms with Crippen LogP contribution in [0.2, 0.25) is 0 Å². The highest BCUT2D eigenvalue weighted by Gasteiger charge is 2.41. The highest BCUT2D eigenvalue weighted by molar-refractivity contribution is 5.89. The summed E-state index contributed by atoms with van der Waals surface area (Å²) in [6.45, 7) is 0. The fourth-order valence-electron chi connectivity index (χ4n) is 3.66. The highest BCUT2D eigenvalue weighted by atomic mass is 16.3. The van der Waals surface area contributed by atoms with Crippen molar-refractivity contribution in [1.29, 1.82) is 0 Å². The van der Waals surface area contributed by atoms with Gasteiger partial charge < -0.3 is 10.2 Å². The van der Waals surface area contributed by atoms with Crippen molar-refractivity contribution in [2.24, 2.45) is 14.1 Å². The normalized spacial score (nSPS) is 24.1. The molecule has 0 radical (unpaired) electrons. The summed E-state index contributed by atoms with van der Waals surface area (Å²) < 4.78 is 3.72. The lowest BCUT2D eigenvalue weighted by molar-refractivity contribution is -0.645. The van der Waals surface area contributed by atoms with Crippen LogP contribution >= 0.6 is 0 Å². The van der Waals surface area contributed by atoms with Crippen LogP contribution in [0.25, 0.3) is 11.0 Å². The predicted molar refractivity (Wildman–Crippen MR) is 66.7 cm³/mol. The summed E-state index contributed by atoms with van der Waals surface area (Å²) in [7, 11) is 3.77. The molecular formula is C14H15N2O2+. The molecule has 1 heterocycles. The Labute approximate surface area is 104 Å². The first kappa shape index (κ1) is 10.00. The number of benzene rings is 1. The minimum absolute atomic E-state index is 0.264. The van der Waals surface area contributed by atoms with Crippen LogP contribution < -0.4 is 4.57 Å². The van der Waals surface area contributed by atoms with Gasteiger partial charge in [0.25, 0.3) is 0 Å². The van der Waals surface area contributed by atoms with E-state index in [0.29, 0.717) is 11.5 Å². The second-order valence-corrected chi connectivity index (χ2v) is 5.39. The maximum Gasteiger partial charge on any atom is 0.244 e. The number of fused-ring (bicyclic) bond motifs is 6. The first-order valence-corrected chi connectivity index (χ1v) is 6.20. The monoisotopic (exact) mass is 243 g/mol. The quantitative estimate of drug-likeness (QED) is 0.419. The van der Waals surface area contributed by atoms with Crippen LogP contribution in [0.4, 0.5) is 0 Å². The fraction of sp³-hybridized carbons (Fsp3) is 0.357. The van der Waals surface area contributed by atoms with Crippen LogP contribution in [0, 0.1) is 0 Å². The molecule has 4 rings (SSSR count). The van der Waals surface area contributed by atoms with E-state index in [2.05, 4.69) is 12.2 Å². The summed E-state index contributed by atoms with van der Waals surface area (Å²) in [6, 6.07) is 0. The molecule has 2 bridgehead atoms. The Morgan fingerprint density at radius 2 is 1.78 bits per heavy atom. The zero-order valence-electron chi connectivity index (χ0n) is 10.4. The summed E-state index contributed by atoms with van der Waals surface area (Å²) in [5.41, 5.74) is 3.29. The van der Waals surface area contributed by atoms with Gasteiger partial charge in [-0.05, 0) is 6.42 Å². The zero-order chi connectivity index (χ0) is 12.6. The van der Waals surface area contributed by atoms with Gasteiger partial charge in [-0.1, -0.05) is 12.2 Å². The predicted octanol–water partition coefficient (Wildman–Crippen LogP) is 1.55. The second kappa shape index (κ2) is 2.88. The van der Waals surface area contributed by atoms with E-state index in [1.54, 1.807) is 0 Å². The Morgan fingerprint density at radius 1 is 1.17 bits per heavy atom. The van der Waals surface area contributed by atoms with E-state index in [0.717, 1.165) is 28.6 Å². The first-order chi connectivity index (χ1) is 8.59. The number of phenolic OH excluding ortho intramolecular Hbond substituents is 2. The molecule has 18 heavy (non-hydrogen) atoms. The molecule has 0 fully saturated rings. The van der Waals surface area contributed by atoms with Crippen LogP contribution in [0.5, 0.6) is 11.5 Å². The van der Waals surface area contributed by atoms with Crippen molar-refractivity contribution >= 4 is 11.0 Å². The smallest absolute Gasteiger partial charge is 0.244 e. The van der Waals surface area contributed by atoms with Crippen molar-refractivity contribution in [3.8, 4) is 11.5 Å². The van der Waals surface area contributed by atoms with Crippen molar-refractivity contribution in [2.45, 2.75) is 18.3 Å². The minimum atomic E-state index is 0.264. The van der Waals surface area contributed by atoms with Gasteiger partial charge in [-0.3, -0.25) is 0 Å². The standard InChI is InChI=1S/C14H14N2O2/c1-15-6-16(2)12-11(15)13(17)9-7-3-4-8(5-7)10(9)14(12)18/h3-4,6-8H,5H2,1-2H3,(H-,17,18)/p+1. The molecule has 1 aromatic heterocycles. The SMILES string of the molecule is Cn1c[n+](C)c2c(O)c3c(c(O)c21)C1C=CC3C1. The molecule has 0 saturated heterocycles. The number of hydrogen-bond acceptors (Lipinski definition) is 2. The third-order valence-corrected chi connectivity index (χ3v) is 4.35. The molecule has 0 spiro atoms. The molecule has 92 valence electrons. The number of aryl methyl sites for hydroxylation is 2. The van der Waals surface area contributed by atoms with Crippen LogP contribution in [0.3, 0.4) is 0 Å². The lowest BCUT2D eigenvalue weighted by Crippen LogP contribution is -2.25. The number of rotatable bonds is 0. The molecular weight excluding hydrogens is 228 g/mol. The summed E-state index contributed by atoms with van der Waals surface area (Å²) >= 11 is 0. The Hall–Kier alpha value is -1.97. The molecule has 2 aromatic rings. The lowest BCUT2D eigenvalue weighted by Gasteiger charge is -2.13. The van der Waals surface area contributed by atoms with Crippen molar-refractivity contribution in [1.82, 2.24) is 4.57 Å². The van der Waals surface area contributed by atoms with Gasteiger partial charge in [0.2, 0.25) is 17.4 Å². The van der Waals surface area contributed by atoms with Crippen molar-refractivity contribution in [3.63, 3.8) is 0 Å². The number of aromatic hydroxyl groups is 2. The molecule has 2 N–H and O–H groups in total.